The molecule has 3 nitrogen and oxygen atoms in total. The van der Waals surface area contributed by atoms with Gasteiger partial charge in [-0.15, -0.1) is 0 Å². The topological polar surface area (TPSA) is 41.1 Å². The molecule has 1 unspecified atom stereocenters. The van der Waals surface area contributed by atoms with E-state index in [0.717, 1.165) is 43.6 Å². The van der Waals surface area contributed by atoms with Gasteiger partial charge in [0, 0.05) is 18.8 Å². The lowest BCUT2D eigenvalue weighted by Crippen LogP contribution is -2.30. The van der Waals surface area contributed by atoms with Crippen molar-refractivity contribution in [3.8, 4) is 0 Å². The summed E-state index contributed by atoms with van der Waals surface area (Å²) in [5.74, 6) is 0.610. The lowest BCUT2D eigenvalue weighted by molar-refractivity contribution is 0.0947. The molecule has 0 aliphatic heterocycles. The van der Waals surface area contributed by atoms with Crippen molar-refractivity contribution in [2.45, 2.75) is 32.6 Å². The Hall–Kier alpha value is -1.77. The van der Waals surface area contributed by atoms with E-state index < -0.39 is 0 Å². The fourth-order valence-electron chi connectivity index (χ4n) is 2.47. The monoisotopic (exact) mass is 272 g/mol. The second-order valence-corrected chi connectivity index (χ2v) is 5.33. The summed E-state index contributed by atoms with van der Waals surface area (Å²) < 4.78 is 0. The van der Waals surface area contributed by atoms with Crippen LogP contribution >= 0.6 is 0 Å². The van der Waals surface area contributed by atoms with Crippen LogP contribution in [0, 0.1) is 5.92 Å². The minimum atomic E-state index is 0.0266. The predicted molar refractivity (Wildman–Crippen MR) is 84.0 cm³/mol. The molecule has 0 aromatic heterocycles. The average Bonchev–Trinajstić information content (AvgIpc) is 2.52. The van der Waals surface area contributed by atoms with E-state index in [1.807, 2.05) is 24.3 Å². The number of para-hydroxylation sites is 1. The lowest BCUT2D eigenvalue weighted by Gasteiger charge is -2.19. The molecular formula is C17H24N2O. The van der Waals surface area contributed by atoms with Crippen molar-refractivity contribution in [2.75, 3.05) is 18.4 Å². The Morgan fingerprint density at radius 3 is 2.90 bits per heavy atom. The number of rotatable bonds is 6. The quantitative estimate of drug-likeness (QED) is 0.777. The highest BCUT2D eigenvalue weighted by atomic mass is 16.1. The summed E-state index contributed by atoms with van der Waals surface area (Å²) in [6.45, 7) is 3.77. The molecule has 1 aromatic rings. The van der Waals surface area contributed by atoms with Crippen LogP contribution in [-0.4, -0.2) is 19.0 Å². The van der Waals surface area contributed by atoms with Gasteiger partial charge < -0.3 is 10.6 Å². The fourth-order valence-corrected chi connectivity index (χ4v) is 2.47. The highest BCUT2D eigenvalue weighted by Crippen LogP contribution is 2.18. The molecule has 2 N–H and O–H groups in total. The molecule has 3 heteroatoms. The van der Waals surface area contributed by atoms with Crippen LogP contribution in [0.5, 0.6) is 0 Å². The number of carbonyl (C=O) groups excluding carboxylic acids is 1. The second kappa shape index (κ2) is 7.73. The zero-order chi connectivity index (χ0) is 14.2. The zero-order valence-corrected chi connectivity index (χ0v) is 12.2. The normalized spacial score (nSPS) is 17.8. The first-order chi connectivity index (χ1) is 9.81. The van der Waals surface area contributed by atoms with Crippen molar-refractivity contribution in [1.29, 1.82) is 0 Å². The van der Waals surface area contributed by atoms with Gasteiger partial charge >= 0.3 is 0 Å². The number of allylic oxidation sites excluding steroid dienone is 2. The van der Waals surface area contributed by atoms with Gasteiger partial charge in [0.2, 0.25) is 0 Å². The summed E-state index contributed by atoms with van der Waals surface area (Å²) >= 11 is 0. The van der Waals surface area contributed by atoms with Crippen LogP contribution < -0.4 is 10.6 Å². The van der Waals surface area contributed by atoms with Gasteiger partial charge in [-0.2, -0.15) is 0 Å². The largest absolute Gasteiger partial charge is 0.384 e. The number of hydrogen-bond donors (Lipinski definition) is 2. The Kier molecular flexibility index (Phi) is 5.66. The molecule has 0 fully saturated rings. The van der Waals surface area contributed by atoms with Crippen molar-refractivity contribution in [3.05, 3.63) is 42.0 Å². The summed E-state index contributed by atoms with van der Waals surface area (Å²) in [5.41, 5.74) is 1.67. The maximum absolute atomic E-state index is 12.3. The third-order valence-corrected chi connectivity index (χ3v) is 3.67. The van der Waals surface area contributed by atoms with E-state index in [-0.39, 0.29) is 5.91 Å². The van der Waals surface area contributed by atoms with Gasteiger partial charge in [0.25, 0.3) is 5.91 Å². The Balaban J connectivity index is 1.92. The summed E-state index contributed by atoms with van der Waals surface area (Å²) in [6.07, 6.45) is 8.88. The first-order valence-electron chi connectivity index (χ1n) is 7.57. The molecule has 0 saturated heterocycles. The molecule has 1 aliphatic carbocycles. The fraction of sp³-hybridized carbons (Fsp3) is 0.471. The van der Waals surface area contributed by atoms with Gasteiger partial charge in [0.15, 0.2) is 0 Å². The summed E-state index contributed by atoms with van der Waals surface area (Å²) in [4.78, 5) is 12.3. The van der Waals surface area contributed by atoms with Gasteiger partial charge in [0.1, 0.15) is 0 Å². The third-order valence-electron chi connectivity index (χ3n) is 3.67. The Morgan fingerprint density at radius 2 is 2.15 bits per heavy atom. The minimum Gasteiger partial charge on any atom is -0.384 e. The SMILES string of the molecule is CCCNc1ccccc1C(=O)NCC1CC=CCC1. The number of carbonyl (C=O) groups is 1. The average molecular weight is 272 g/mol. The van der Waals surface area contributed by atoms with Gasteiger partial charge in [-0.25, -0.2) is 0 Å². The molecule has 0 bridgehead atoms. The first-order valence-corrected chi connectivity index (χ1v) is 7.57. The summed E-state index contributed by atoms with van der Waals surface area (Å²) in [6, 6.07) is 7.72. The third kappa shape index (κ3) is 4.12. The lowest BCUT2D eigenvalue weighted by atomic mass is 9.94. The van der Waals surface area contributed by atoms with Crippen LogP contribution in [-0.2, 0) is 0 Å². The smallest absolute Gasteiger partial charge is 0.253 e. The molecule has 0 heterocycles. The van der Waals surface area contributed by atoms with Crippen LogP contribution in [0.1, 0.15) is 43.0 Å². The molecule has 20 heavy (non-hydrogen) atoms. The summed E-state index contributed by atoms with van der Waals surface area (Å²) in [5, 5.41) is 6.38. The van der Waals surface area contributed by atoms with E-state index in [1.165, 1.54) is 6.42 Å². The van der Waals surface area contributed by atoms with Crippen molar-refractivity contribution in [3.63, 3.8) is 0 Å². The zero-order valence-electron chi connectivity index (χ0n) is 12.2. The molecule has 108 valence electrons. The van der Waals surface area contributed by atoms with Crippen LogP contribution in [0.25, 0.3) is 0 Å². The number of hydrogen-bond acceptors (Lipinski definition) is 2. The number of amides is 1. The molecule has 1 amide bonds. The van der Waals surface area contributed by atoms with E-state index in [0.29, 0.717) is 5.92 Å². The molecule has 0 saturated carbocycles. The second-order valence-electron chi connectivity index (χ2n) is 5.33. The van der Waals surface area contributed by atoms with E-state index in [2.05, 4.69) is 29.7 Å². The maximum Gasteiger partial charge on any atom is 0.253 e. The molecule has 0 radical (unpaired) electrons. The highest BCUT2D eigenvalue weighted by Gasteiger charge is 2.14. The van der Waals surface area contributed by atoms with Crippen molar-refractivity contribution < 1.29 is 4.79 Å². The van der Waals surface area contributed by atoms with Crippen LogP contribution in [0.15, 0.2) is 36.4 Å². The van der Waals surface area contributed by atoms with Crippen LogP contribution in [0.3, 0.4) is 0 Å². The molecule has 2 rings (SSSR count). The molecule has 1 aromatic carbocycles. The highest BCUT2D eigenvalue weighted by molar-refractivity contribution is 5.99. The molecule has 1 aliphatic rings. The first kappa shape index (κ1) is 14.6. The maximum atomic E-state index is 12.3. The number of nitrogens with one attached hydrogen (secondary N) is 2. The van der Waals surface area contributed by atoms with Crippen LogP contribution in [0.2, 0.25) is 0 Å². The van der Waals surface area contributed by atoms with E-state index >= 15 is 0 Å². The Morgan fingerprint density at radius 1 is 1.30 bits per heavy atom. The number of anilines is 1. The predicted octanol–water partition coefficient (Wildman–Crippen LogP) is 3.59. The molecule has 0 spiro atoms. The van der Waals surface area contributed by atoms with Crippen molar-refractivity contribution >= 4 is 11.6 Å². The molecular weight excluding hydrogens is 248 g/mol. The van der Waals surface area contributed by atoms with Crippen molar-refractivity contribution in [1.82, 2.24) is 5.32 Å². The van der Waals surface area contributed by atoms with E-state index in [9.17, 15) is 4.79 Å². The van der Waals surface area contributed by atoms with Gasteiger partial charge in [-0.1, -0.05) is 31.2 Å². The Bertz CT molecular complexity index is 468. The Labute approximate surface area is 121 Å². The van der Waals surface area contributed by atoms with Crippen LogP contribution in [0.4, 0.5) is 5.69 Å². The van der Waals surface area contributed by atoms with Gasteiger partial charge in [-0.05, 0) is 43.7 Å². The van der Waals surface area contributed by atoms with Crippen molar-refractivity contribution in [2.24, 2.45) is 5.92 Å². The number of benzene rings is 1. The minimum absolute atomic E-state index is 0.0266. The molecule has 1 atom stereocenters. The van der Waals surface area contributed by atoms with E-state index in [1.54, 1.807) is 0 Å². The van der Waals surface area contributed by atoms with Gasteiger partial charge in [0.05, 0.1) is 5.56 Å². The standard InChI is InChI=1S/C17H24N2O/c1-2-12-18-16-11-7-6-10-15(16)17(20)19-13-14-8-4-3-5-9-14/h3-4,6-7,10-11,14,18H,2,5,8-9,12-13H2,1H3,(H,19,20). The van der Waals surface area contributed by atoms with Gasteiger partial charge in [-0.3, -0.25) is 4.79 Å². The van der Waals surface area contributed by atoms with E-state index in [4.69, 9.17) is 0 Å². The summed E-state index contributed by atoms with van der Waals surface area (Å²) in [7, 11) is 0.